The van der Waals surface area contributed by atoms with Gasteiger partial charge in [-0.05, 0) is 25.6 Å². The number of para-hydroxylation sites is 1. The van der Waals surface area contributed by atoms with E-state index < -0.39 is 0 Å². The third kappa shape index (κ3) is 2.51. The molecule has 1 N–H and O–H groups in total. The van der Waals surface area contributed by atoms with Crippen molar-refractivity contribution in [2.75, 3.05) is 20.3 Å². The third-order valence-electron chi connectivity index (χ3n) is 2.79. The van der Waals surface area contributed by atoms with Crippen LogP contribution in [0.15, 0.2) is 24.3 Å². The monoisotopic (exact) mass is 225 g/mol. The van der Waals surface area contributed by atoms with E-state index in [9.17, 15) is 4.39 Å². The van der Waals surface area contributed by atoms with Crippen LogP contribution in [0.2, 0.25) is 0 Å². The molecule has 2 atom stereocenters. The number of likely N-dealkylation sites (N-methyl/N-ethyl adjacent to an activating group) is 1. The molecule has 1 aliphatic heterocycles. The van der Waals surface area contributed by atoms with Gasteiger partial charge in [0.2, 0.25) is 0 Å². The summed E-state index contributed by atoms with van der Waals surface area (Å²) in [6.07, 6.45) is 0.756. The lowest BCUT2D eigenvalue weighted by Crippen LogP contribution is -2.48. The first-order valence-electron chi connectivity index (χ1n) is 5.47. The molecule has 0 bridgehead atoms. The maximum absolute atomic E-state index is 13.4. The summed E-state index contributed by atoms with van der Waals surface area (Å²) in [5.41, 5.74) is 0. The highest BCUT2D eigenvalue weighted by Gasteiger charge is 2.26. The molecule has 16 heavy (non-hydrogen) atoms. The maximum Gasteiger partial charge on any atom is 0.165 e. The van der Waals surface area contributed by atoms with E-state index in [0.717, 1.165) is 13.0 Å². The van der Waals surface area contributed by atoms with Crippen LogP contribution in [0, 0.1) is 5.82 Å². The minimum Gasteiger partial charge on any atom is -0.483 e. The first kappa shape index (κ1) is 11.4. The van der Waals surface area contributed by atoms with Gasteiger partial charge < -0.3 is 14.8 Å². The molecular formula is C12H16FNO2. The molecule has 3 nitrogen and oxygen atoms in total. The predicted octanol–water partition coefficient (Wildman–Crippen LogP) is 1.58. The third-order valence-corrected chi connectivity index (χ3v) is 2.79. The van der Waals surface area contributed by atoms with E-state index in [2.05, 4.69) is 5.32 Å². The van der Waals surface area contributed by atoms with Crippen molar-refractivity contribution in [1.82, 2.24) is 5.32 Å². The van der Waals surface area contributed by atoms with Crippen molar-refractivity contribution in [3.05, 3.63) is 30.1 Å². The summed E-state index contributed by atoms with van der Waals surface area (Å²) >= 11 is 0. The van der Waals surface area contributed by atoms with Gasteiger partial charge in [-0.15, -0.1) is 0 Å². The van der Waals surface area contributed by atoms with Crippen molar-refractivity contribution < 1.29 is 13.9 Å². The summed E-state index contributed by atoms with van der Waals surface area (Å²) in [6, 6.07) is 6.66. The van der Waals surface area contributed by atoms with Gasteiger partial charge in [0.05, 0.1) is 6.61 Å². The van der Waals surface area contributed by atoms with Crippen LogP contribution in [-0.2, 0) is 4.74 Å². The number of benzene rings is 1. The van der Waals surface area contributed by atoms with Crippen LogP contribution in [0.25, 0.3) is 0 Å². The van der Waals surface area contributed by atoms with Gasteiger partial charge in [-0.25, -0.2) is 4.39 Å². The van der Waals surface area contributed by atoms with Crippen molar-refractivity contribution in [3.8, 4) is 5.75 Å². The first-order valence-corrected chi connectivity index (χ1v) is 5.47. The van der Waals surface area contributed by atoms with Crippen molar-refractivity contribution >= 4 is 0 Å². The Bertz CT molecular complexity index is 346. The van der Waals surface area contributed by atoms with E-state index in [1.165, 1.54) is 6.07 Å². The Balaban J connectivity index is 2.05. The summed E-state index contributed by atoms with van der Waals surface area (Å²) < 4.78 is 24.4. The smallest absolute Gasteiger partial charge is 0.165 e. The number of halogens is 1. The molecule has 1 aromatic rings. The fraction of sp³-hybridized carbons (Fsp3) is 0.500. The fourth-order valence-corrected chi connectivity index (χ4v) is 1.86. The lowest BCUT2D eigenvalue weighted by molar-refractivity contribution is -0.0143. The van der Waals surface area contributed by atoms with E-state index in [1.807, 2.05) is 7.05 Å². The van der Waals surface area contributed by atoms with Gasteiger partial charge in [0, 0.05) is 12.6 Å². The molecule has 0 aromatic heterocycles. The van der Waals surface area contributed by atoms with E-state index in [0.29, 0.717) is 12.4 Å². The topological polar surface area (TPSA) is 30.5 Å². The minimum absolute atomic E-state index is 0.129. The summed E-state index contributed by atoms with van der Waals surface area (Å²) in [5, 5.41) is 3.17. The minimum atomic E-state index is -0.331. The van der Waals surface area contributed by atoms with Crippen molar-refractivity contribution in [1.29, 1.82) is 0 Å². The lowest BCUT2D eigenvalue weighted by Gasteiger charge is -2.31. The van der Waals surface area contributed by atoms with Crippen molar-refractivity contribution in [2.24, 2.45) is 0 Å². The second-order valence-electron chi connectivity index (χ2n) is 3.85. The first-order chi connectivity index (χ1) is 7.81. The number of nitrogens with one attached hydrogen (secondary N) is 1. The Labute approximate surface area is 94.6 Å². The maximum atomic E-state index is 13.4. The molecule has 0 spiro atoms. The Kier molecular flexibility index (Phi) is 3.74. The molecule has 0 saturated carbocycles. The molecule has 2 unspecified atom stereocenters. The van der Waals surface area contributed by atoms with E-state index >= 15 is 0 Å². The number of ether oxygens (including phenoxy) is 2. The average Bonchev–Trinajstić information content (AvgIpc) is 2.33. The Morgan fingerprint density at radius 2 is 2.25 bits per heavy atom. The Hall–Kier alpha value is -1.13. The SMILES string of the molecule is CNC1CCOCC1Oc1ccccc1F. The van der Waals surface area contributed by atoms with Crippen LogP contribution >= 0.6 is 0 Å². The zero-order valence-corrected chi connectivity index (χ0v) is 9.28. The van der Waals surface area contributed by atoms with Crippen molar-refractivity contribution in [2.45, 2.75) is 18.6 Å². The quantitative estimate of drug-likeness (QED) is 0.847. The molecular weight excluding hydrogens is 209 g/mol. The van der Waals surface area contributed by atoms with Crippen LogP contribution < -0.4 is 10.1 Å². The molecule has 1 heterocycles. The second-order valence-corrected chi connectivity index (χ2v) is 3.85. The summed E-state index contributed by atoms with van der Waals surface area (Å²) in [6.45, 7) is 1.22. The van der Waals surface area contributed by atoms with Gasteiger partial charge >= 0.3 is 0 Å². The largest absolute Gasteiger partial charge is 0.483 e. The van der Waals surface area contributed by atoms with Gasteiger partial charge in [-0.1, -0.05) is 12.1 Å². The zero-order chi connectivity index (χ0) is 11.4. The normalized spacial score (nSPS) is 25.4. The molecule has 88 valence electrons. The summed E-state index contributed by atoms with van der Waals surface area (Å²) in [4.78, 5) is 0. The van der Waals surface area contributed by atoms with Crippen molar-refractivity contribution in [3.63, 3.8) is 0 Å². The van der Waals surface area contributed by atoms with Gasteiger partial charge in [0.1, 0.15) is 6.10 Å². The van der Waals surface area contributed by atoms with Crippen LogP contribution in [0.1, 0.15) is 6.42 Å². The molecule has 1 fully saturated rings. The lowest BCUT2D eigenvalue weighted by atomic mass is 10.1. The highest BCUT2D eigenvalue weighted by Crippen LogP contribution is 2.20. The number of rotatable bonds is 3. The standard InChI is InChI=1S/C12H16FNO2/c1-14-10-6-7-15-8-12(10)16-11-5-3-2-4-9(11)13/h2-5,10,12,14H,6-8H2,1H3. The van der Waals surface area contributed by atoms with Crippen LogP contribution in [0.3, 0.4) is 0 Å². The molecule has 0 radical (unpaired) electrons. The van der Waals surface area contributed by atoms with Gasteiger partial charge in [-0.2, -0.15) is 0 Å². The van der Waals surface area contributed by atoms with Gasteiger partial charge in [0.25, 0.3) is 0 Å². The Morgan fingerprint density at radius 3 is 3.00 bits per heavy atom. The van der Waals surface area contributed by atoms with Crippen LogP contribution in [0.5, 0.6) is 5.75 Å². The average molecular weight is 225 g/mol. The molecule has 4 heteroatoms. The van der Waals surface area contributed by atoms with Gasteiger partial charge in [-0.3, -0.25) is 0 Å². The molecule has 1 saturated heterocycles. The summed E-state index contributed by atoms with van der Waals surface area (Å²) in [7, 11) is 1.88. The van der Waals surface area contributed by atoms with E-state index in [1.54, 1.807) is 18.2 Å². The highest BCUT2D eigenvalue weighted by molar-refractivity contribution is 5.24. The summed E-state index contributed by atoms with van der Waals surface area (Å²) in [5.74, 6) is -0.0406. The van der Waals surface area contributed by atoms with E-state index in [4.69, 9.17) is 9.47 Å². The second kappa shape index (κ2) is 5.27. The predicted molar refractivity (Wildman–Crippen MR) is 59.1 cm³/mol. The van der Waals surface area contributed by atoms with E-state index in [-0.39, 0.29) is 18.0 Å². The number of hydrogen-bond acceptors (Lipinski definition) is 3. The zero-order valence-electron chi connectivity index (χ0n) is 9.28. The molecule has 1 aromatic carbocycles. The Morgan fingerprint density at radius 1 is 1.44 bits per heavy atom. The highest BCUT2D eigenvalue weighted by atomic mass is 19.1. The van der Waals surface area contributed by atoms with Crippen LogP contribution in [0.4, 0.5) is 4.39 Å². The van der Waals surface area contributed by atoms with Gasteiger partial charge in [0.15, 0.2) is 11.6 Å². The van der Waals surface area contributed by atoms with Crippen LogP contribution in [-0.4, -0.2) is 32.4 Å². The molecule has 2 rings (SSSR count). The molecule has 0 amide bonds. The fourth-order valence-electron chi connectivity index (χ4n) is 1.86. The molecule has 0 aliphatic carbocycles. The molecule has 1 aliphatic rings. The number of hydrogen-bond donors (Lipinski definition) is 1.